The standard InChI is InChI=1S/C10H10N2O2S2/c1-15-10-11-5-8(9(13)14)12(10)6-7-3-2-4-16-7/h2-5H,6H2,1H3,(H,13,14). The van der Waals surface area contributed by atoms with E-state index in [1.54, 1.807) is 15.9 Å². The number of thioether (sulfide) groups is 1. The van der Waals surface area contributed by atoms with Crippen LogP contribution in [-0.2, 0) is 6.54 Å². The van der Waals surface area contributed by atoms with E-state index in [0.717, 1.165) is 10.0 Å². The largest absolute Gasteiger partial charge is 0.477 e. The van der Waals surface area contributed by atoms with E-state index in [2.05, 4.69) is 4.98 Å². The second-order valence-corrected chi connectivity index (χ2v) is 4.91. The second kappa shape index (κ2) is 4.71. The molecule has 4 nitrogen and oxygen atoms in total. The molecule has 84 valence electrons. The monoisotopic (exact) mass is 254 g/mol. The third kappa shape index (κ3) is 2.12. The van der Waals surface area contributed by atoms with Gasteiger partial charge in [0, 0.05) is 4.88 Å². The first-order chi connectivity index (χ1) is 7.72. The number of hydrogen-bond acceptors (Lipinski definition) is 4. The first-order valence-corrected chi connectivity index (χ1v) is 6.68. The first kappa shape index (κ1) is 11.2. The molecule has 0 saturated heterocycles. The van der Waals surface area contributed by atoms with E-state index in [0.29, 0.717) is 6.54 Å². The minimum absolute atomic E-state index is 0.234. The minimum Gasteiger partial charge on any atom is -0.477 e. The summed E-state index contributed by atoms with van der Waals surface area (Å²) in [7, 11) is 0. The molecule has 2 aromatic heterocycles. The van der Waals surface area contributed by atoms with Gasteiger partial charge in [0.15, 0.2) is 5.16 Å². The fourth-order valence-electron chi connectivity index (χ4n) is 1.40. The second-order valence-electron chi connectivity index (χ2n) is 3.10. The quantitative estimate of drug-likeness (QED) is 0.851. The summed E-state index contributed by atoms with van der Waals surface area (Å²) in [5, 5.41) is 11.7. The number of carboxylic acid groups (broad SMARTS) is 1. The van der Waals surface area contributed by atoms with Crippen LogP contribution in [0.4, 0.5) is 0 Å². The molecule has 0 atom stereocenters. The van der Waals surface area contributed by atoms with E-state index in [9.17, 15) is 4.79 Å². The zero-order valence-electron chi connectivity index (χ0n) is 8.58. The number of thiophene rings is 1. The molecule has 2 aromatic rings. The average molecular weight is 254 g/mol. The van der Waals surface area contributed by atoms with Crippen LogP contribution < -0.4 is 0 Å². The van der Waals surface area contributed by atoms with Crippen molar-refractivity contribution in [3.63, 3.8) is 0 Å². The Morgan fingerprint density at radius 2 is 2.50 bits per heavy atom. The number of aromatic carboxylic acids is 1. The Bertz CT molecular complexity index is 491. The maximum absolute atomic E-state index is 11.0. The van der Waals surface area contributed by atoms with Crippen LogP contribution in [0, 0.1) is 0 Å². The van der Waals surface area contributed by atoms with Crippen LogP contribution in [0.1, 0.15) is 15.4 Å². The van der Waals surface area contributed by atoms with Gasteiger partial charge in [-0.25, -0.2) is 9.78 Å². The maximum atomic E-state index is 11.0. The average Bonchev–Trinajstić information content (AvgIpc) is 2.87. The molecule has 2 rings (SSSR count). The predicted octanol–water partition coefficient (Wildman–Crippen LogP) is 2.41. The SMILES string of the molecule is CSc1ncc(C(=O)O)n1Cc1cccs1. The van der Waals surface area contributed by atoms with Crippen molar-refractivity contribution in [2.45, 2.75) is 11.7 Å². The van der Waals surface area contributed by atoms with Crippen molar-refractivity contribution in [1.29, 1.82) is 0 Å². The molecule has 0 aliphatic rings. The van der Waals surface area contributed by atoms with Gasteiger partial charge < -0.3 is 9.67 Å². The normalized spacial score (nSPS) is 10.6. The topological polar surface area (TPSA) is 55.1 Å². The smallest absolute Gasteiger partial charge is 0.354 e. The summed E-state index contributed by atoms with van der Waals surface area (Å²) in [6.07, 6.45) is 3.29. The summed E-state index contributed by atoms with van der Waals surface area (Å²) in [6.45, 7) is 0.565. The van der Waals surface area contributed by atoms with Crippen LogP contribution in [0.5, 0.6) is 0 Å². The molecule has 1 N–H and O–H groups in total. The van der Waals surface area contributed by atoms with Gasteiger partial charge in [0.25, 0.3) is 0 Å². The Balaban J connectivity index is 2.37. The molecule has 0 spiro atoms. The van der Waals surface area contributed by atoms with Crippen molar-refractivity contribution in [2.75, 3.05) is 6.26 Å². The Labute approximate surface area is 101 Å². The molecular formula is C10H10N2O2S2. The molecule has 0 aliphatic carbocycles. The molecular weight excluding hydrogens is 244 g/mol. The summed E-state index contributed by atoms with van der Waals surface area (Å²) in [5.74, 6) is -0.940. The van der Waals surface area contributed by atoms with Gasteiger partial charge in [0.2, 0.25) is 0 Å². The third-order valence-electron chi connectivity index (χ3n) is 2.11. The highest BCUT2D eigenvalue weighted by Crippen LogP contribution is 2.19. The van der Waals surface area contributed by atoms with Gasteiger partial charge in [-0.05, 0) is 17.7 Å². The molecule has 0 amide bonds. The highest BCUT2D eigenvalue weighted by Gasteiger charge is 2.15. The first-order valence-electron chi connectivity index (χ1n) is 4.57. The van der Waals surface area contributed by atoms with E-state index in [-0.39, 0.29) is 5.69 Å². The fraction of sp³-hybridized carbons (Fsp3) is 0.200. The zero-order valence-corrected chi connectivity index (χ0v) is 10.2. The van der Waals surface area contributed by atoms with Crippen LogP contribution in [0.2, 0.25) is 0 Å². The van der Waals surface area contributed by atoms with Gasteiger partial charge in [-0.1, -0.05) is 17.8 Å². The number of carboxylic acids is 1. The molecule has 0 unspecified atom stereocenters. The fourth-order valence-corrected chi connectivity index (χ4v) is 2.64. The van der Waals surface area contributed by atoms with Gasteiger partial charge in [-0.2, -0.15) is 0 Å². The number of rotatable bonds is 4. The Morgan fingerprint density at radius 3 is 3.06 bits per heavy atom. The Morgan fingerprint density at radius 1 is 1.69 bits per heavy atom. The summed E-state index contributed by atoms with van der Waals surface area (Å²) in [6, 6.07) is 3.94. The van der Waals surface area contributed by atoms with Gasteiger partial charge >= 0.3 is 5.97 Å². The lowest BCUT2D eigenvalue weighted by atomic mass is 10.4. The number of aromatic nitrogens is 2. The highest BCUT2D eigenvalue weighted by atomic mass is 32.2. The van der Waals surface area contributed by atoms with Gasteiger partial charge in [0.05, 0.1) is 12.7 Å². The Hall–Kier alpha value is -1.27. The molecule has 0 saturated carbocycles. The summed E-state index contributed by atoms with van der Waals surface area (Å²) >= 11 is 3.06. The number of hydrogen-bond donors (Lipinski definition) is 1. The van der Waals surface area contributed by atoms with Crippen LogP contribution in [0.25, 0.3) is 0 Å². The molecule has 0 radical (unpaired) electrons. The van der Waals surface area contributed by atoms with Crippen LogP contribution in [-0.4, -0.2) is 26.9 Å². The molecule has 0 bridgehead atoms. The van der Waals surface area contributed by atoms with E-state index in [1.165, 1.54) is 18.0 Å². The molecule has 6 heteroatoms. The van der Waals surface area contributed by atoms with Crippen molar-refractivity contribution in [3.8, 4) is 0 Å². The van der Waals surface area contributed by atoms with Crippen LogP contribution in [0.3, 0.4) is 0 Å². The van der Waals surface area contributed by atoms with Crippen molar-refractivity contribution >= 4 is 29.1 Å². The van der Waals surface area contributed by atoms with E-state index >= 15 is 0 Å². The van der Waals surface area contributed by atoms with Crippen molar-refractivity contribution in [2.24, 2.45) is 0 Å². The molecule has 0 aliphatic heterocycles. The summed E-state index contributed by atoms with van der Waals surface area (Å²) < 4.78 is 1.72. The van der Waals surface area contributed by atoms with E-state index in [1.807, 2.05) is 23.8 Å². The van der Waals surface area contributed by atoms with E-state index < -0.39 is 5.97 Å². The lowest BCUT2D eigenvalue weighted by Gasteiger charge is -2.06. The zero-order chi connectivity index (χ0) is 11.5. The maximum Gasteiger partial charge on any atom is 0.354 e. The lowest BCUT2D eigenvalue weighted by molar-refractivity contribution is 0.0684. The van der Waals surface area contributed by atoms with Gasteiger partial charge in [-0.3, -0.25) is 0 Å². The third-order valence-corrected chi connectivity index (χ3v) is 3.67. The van der Waals surface area contributed by atoms with Crippen LogP contribution >= 0.6 is 23.1 Å². The van der Waals surface area contributed by atoms with E-state index in [4.69, 9.17) is 5.11 Å². The molecule has 2 heterocycles. The lowest BCUT2D eigenvalue weighted by Crippen LogP contribution is -2.09. The summed E-state index contributed by atoms with van der Waals surface area (Å²) in [5.41, 5.74) is 0.234. The molecule has 0 aromatic carbocycles. The minimum atomic E-state index is -0.940. The molecule has 16 heavy (non-hydrogen) atoms. The van der Waals surface area contributed by atoms with Crippen molar-refractivity contribution in [3.05, 3.63) is 34.3 Å². The van der Waals surface area contributed by atoms with Crippen molar-refractivity contribution < 1.29 is 9.90 Å². The number of nitrogens with zero attached hydrogens (tertiary/aromatic N) is 2. The van der Waals surface area contributed by atoms with Crippen molar-refractivity contribution in [1.82, 2.24) is 9.55 Å². The van der Waals surface area contributed by atoms with Gasteiger partial charge in [0.1, 0.15) is 5.69 Å². The highest BCUT2D eigenvalue weighted by molar-refractivity contribution is 7.98. The molecule has 0 fully saturated rings. The van der Waals surface area contributed by atoms with Gasteiger partial charge in [-0.15, -0.1) is 11.3 Å². The Kier molecular flexibility index (Phi) is 3.31. The number of carbonyl (C=O) groups is 1. The predicted molar refractivity (Wildman–Crippen MR) is 64.4 cm³/mol. The van der Waals surface area contributed by atoms with Crippen LogP contribution in [0.15, 0.2) is 28.9 Å². The summed E-state index contributed by atoms with van der Waals surface area (Å²) in [4.78, 5) is 16.2. The number of imidazole rings is 1.